The minimum absolute atomic E-state index is 0.0466. The predicted octanol–water partition coefficient (Wildman–Crippen LogP) is 4.06. The van der Waals surface area contributed by atoms with Crippen LogP contribution in [0.3, 0.4) is 0 Å². The van der Waals surface area contributed by atoms with Crippen molar-refractivity contribution >= 4 is 17.4 Å². The van der Waals surface area contributed by atoms with E-state index in [1.54, 1.807) is 44.2 Å². The number of rotatable bonds is 9. The van der Waals surface area contributed by atoms with Crippen LogP contribution in [-0.4, -0.2) is 38.2 Å². The van der Waals surface area contributed by atoms with Crippen LogP contribution in [-0.2, 0) is 11.2 Å². The second kappa shape index (κ2) is 10.0. The third-order valence-corrected chi connectivity index (χ3v) is 4.21. The van der Waals surface area contributed by atoms with Gasteiger partial charge in [-0.15, -0.1) is 0 Å². The van der Waals surface area contributed by atoms with Crippen LogP contribution in [0, 0.1) is 0 Å². The summed E-state index contributed by atoms with van der Waals surface area (Å²) in [7, 11) is 2.92. The van der Waals surface area contributed by atoms with Gasteiger partial charge >= 0.3 is 5.97 Å². The van der Waals surface area contributed by atoms with E-state index in [1.807, 2.05) is 13.8 Å². The number of nitrogen functional groups attached to an aromatic ring is 1. The topological polar surface area (TPSA) is 97.1 Å². The number of carbonyl (C=O) groups is 2. The first kappa shape index (κ1) is 23.1. The van der Waals surface area contributed by atoms with Gasteiger partial charge < -0.3 is 24.7 Å². The molecule has 7 nitrogen and oxygen atoms in total. The number of benzene rings is 2. The maximum atomic E-state index is 13.1. The molecule has 2 aromatic carbocycles. The average Bonchev–Trinajstić information content (AvgIpc) is 2.67. The van der Waals surface area contributed by atoms with Crippen LogP contribution in [0.15, 0.2) is 30.3 Å². The van der Waals surface area contributed by atoms with Gasteiger partial charge in [-0.3, -0.25) is 4.79 Å². The molecule has 30 heavy (non-hydrogen) atoms. The number of ether oxygens (including phenoxy) is 4. The third-order valence-electron chi connectivity index (χ3n) is 4.21. The molecule has 0 spiro atoms. The van der Waals surface area contributed by atoms with Gasteiger partial charge in [0.25, 0.3) is 0 Å². The fourth-order valence-corrected chi connectivity index (χ4v) is 2.95. The normalized spacial score (nSPS) is 10.8. The van der Waals surface area contributed by atoms with Crippen LogP contribution >= 0.6 is 0 Å². The molecule has 2 N–H and O–H groups in total. The maximum Gasteiger partial charge on any atom is 0.338 e. The lowest BCUT2D eigenvalue weighted by atomic mass is 9.99. The van der Waals surface area contributed by atoms with Crippen LogP contribution in [0.1, 0.15) is 54.0 Å². The second-order valence-electron chi connectivity index (χ2n) is 7.31. The molecule has 0 amide bonds. The number of carbonyl (C=O) groups excluding carboxylic acids is 2. The van der Waals surface area contributed by atoms with Crippen molar-refractivity contribution in [3.8, 4) is 17.2 Å². The molecular formula is C23H29NO6. The highest BCUT2D eigenvalue weighted by molar-refractivity contribution is 6.02. The first-order valence-corrected chi connectivity index (χ1v) is 9.72. The Kier molecular flexibility index (Phi) is 7.69. The number of ketones is 1. The molecule has 0 atom stereocenters. The molecule has 2 rings (SSSR count). The lowest BCUT2D eigenvalue weighted by molar-refractivity contribution is 0.0377. The Morgan fingerprint density at radius 1 is 0.933 bits per heavy atom. The lowest BCUT2D eigenvalue weighted by Crippen LogP contribution is -2.14. The summed E-state index contributed by atoms with van der Waals surface area (Å²) in [5, 5.41) is 0. The fourth-order valence-electron chi connectivity index (χ4n) is 2.95. The fraction of sp³-hybridized carbons (Fsp3) is 0.391. The van der Waals surface area contributed by atoms with Crippen molar-refractivity contribution in [2.24, 2.45) is 0 Å². The Morgan fingerprint density at radius 3 is 2.17 bits per heavy atom. The van der Waals surface area contributed by atoms with Crippen molar-refractivity contribution in [2.45, 2.75) is 46.3 Å². The summed E-state index contributed by atoms with van der Waals surface area (Å²) in [6.07, 6.45) is -0.326. The van der Waals surface area contributed by atoms with E-state index in [0.29, 0.717) is 33.9 Å². The van der Waals surface area contributed by atoms with E-state index in [0.717, 1.165) is 0 Å². The molecule has 0 saturated heterocycles. The van der Waals surface area contributed by atoms with Crippen LogP contribution in [0.25, 0.3) is 0 Å². The zero-order valence-corrected chi connectivity index (χ0v) is 18.3. The Bertz CT molecular complexity index is 920. The molecule has 0 radical (unpaired) electrons. The zero-order valence-electron chi connectivity index (χ0n) is 18.3. The smallest absolute Gasteiger partial charge is 0.338 e. The number of nitrogens with two attached hydrogens (primary N) is 1. The summed E-state index contributed by atoms with van der Waals surface area (Å²) < 4.78 is 21.8. The van der Waals surface area contributed by atoms with Crippen molar-refractivity contribution in [3.63, 3.8) is 0 Å². The van der Waals surface area contributed by atoms with Gasteiger partial charge in [0.1, 0.15) is 5.75 Å². The van der Waals surface area contributed by atoms with Crippen LogP contribution in [0.2, 0.25) is 0 Å². The summed E-state index contributed by atoms with van der Waals surface area (Å²) in [6.45, 7) is 7.31. The highest BCUT2D eigenvalue weighted by Gasteiger charge is 2.21. The number of esters is 1. The van der Waals surface area contributed by atoms with E-state index < -0.39 is 5.97 Å². The molecule has 2 aromatic rings. The molecule has 162 valence electrons. The monoisotopic (exact) mass is 415 g/mol. The summed E-state index contributed by atoms with van der Waals surface area (Å²) in [6, 6.07) is 8.14. The van der Waals surface area contributed by atoms with Gasteiger partial charge in [0.05, 0.1) is 43.2 Å². The number of hydrogen-bond acceptors (Lipinski definition) is 7. The van der Waals surface area contributed by atoms with Gasteiger partial charge in [0.2, 0.25) is 0 Å². The molecule has 0 bridgehead atoms. The van der Waals surface area contributed by atoms with E-state index in [9.17, 15) is 9.59 Å². The number of anilines is 1. The Hall–Kier alpha value is -3.22. The van der Waals surface area contributed by atoms with Gasteiger partial charge in [-0.25, -0.2) is 4.79 Å². The highest BCUT2D eigenvalue weighted by Crippen LogP contribution is 2.37. The number of methoxy groups -OCH3 is 2. The van der Waals surface area contributed by atoms with E-state index in [4.69, 9.17) is 24.7 Å². The van der Waals surface area contributed by atoms with Crippen molar-refractivity contribution in [2.75, 3.05) is 20.0 Å². The molecule has 0 aliphatic rings. The Morgan fingerprint density at radius 2 is 1.60 bits per heavy atom. The molecule has 7 heteroatoms. The summed E-state index contributed by atoms with van der Waals surface area (Å²) in [5.41, 5.74) is 7.64. The number of Topliss-reactive ketones (excluding diaryl/α,β-unsaturated/α-hetero) is 1. The van der Waals surface area contributed by atoms with Crippen LogP contribution < -0.4 is 19.9 Å². The van der Waals surface area contributed by atoms with Gasteiger partial charge in [-0.2, -0.15) is 0 Å². The minimum Gasteiger partial charge on any atom is -0.492 e. The van der Waals surface area contributed by atoms with Crippen molar-refractivity contribution in [1.82, 2.24) is 0 Å². The highest BCUT2D eigenvalue weighted by atomic mass is 16.5. The predicted molar refractivity (Wildman–Crippen MR) is 115 cm³/mol. The van der Waals surface area contributed by atoms with Crippen molar-refractivity contribution in [1.29, 1.82) is 0 Å². The first-order chi connectivity index (χ1) is 14.2. The SMILES string of the molecule is COc1c(N)ccc(C(=O)Cc2ccc(C(=O)OC(C)C)cc2OC(C)C)c1OC. The van der Waals surface area contributed by atoms with Gasteiger partial charge in [0.15, 0.2) is 17.3 Å². The third kappa shape index (κ3) is 5.43. The standard InChI is InChI=1S/C23H29NO6/c1-13(2)29-20-12-16(23(26)30-14(3)4)8-7-15(20)11-19(25)17-9-10-18(24)22(28-6)21(17)27-5/h7-10,12-14H,11,24H2,1-6H3. The van der Waals surface area contributed by atoms with Crippen molar-refractivity contribution < 1.29 is 28.5 Å². The van der Waals surface area contributed by atoms with Crippen LogP contribution in [0.4, 0.5) is 5.69 Å². The average molecular weight is 415 g/mol. The zero-order chi connectivity index (χ0) is 22.4. The summed E-state index contributed by atoms with van der Waals surface area (Å²) in [4.78, 5) is 25.3. The van der Waals surface area contributed by atoms with Crippen LogP contribution in [0.5, 0.6) is 17.2 Å². The summed E-state index contributed by atoms with van der Waals surface area (Å²) >= 11 is 0. The van der Waals surface area contributed by atoms with E-state index in [1.165, 1.54) is 14.2 Å². The quantitative estimate of drug-likeness (QED) is 0.375. The Balaban J connectivity index is 2.39. The van der Waals surface area contributed by atoms with Gasteiger partial charge in [-0.1, -0.05) is 6.07 Å². The molecule has 0 aliphatic carbocycles. The maximum absolute atomic E-state index is 13.1. The molecule has 0 heterocycles. The second-order valence-corrected chi connectivity index (χ2v) is 7.31. The van der Waals surface area contributed by atoms with Gasteiger partial charge in [0, 0.05) is 12.0 Å². The van der Waals surface area contributed by atoms with E-state index in [2.05, 4.69) is 0 Å². The van der Waals surface area contributed by atoms with E-state index in [-0.39, 0.29) is 30.2 Å². The molecule has 0 unspecified atom stereocenters. The molecule has 0 fully saturated rings. The number of hydrogen-bond donors (Lipinski definition) is 1. The van der Waals surface area contributed by atoms with Gasteiger partial charge in [-0.05, 0) is 52.0 Å². The minimum atomic E-state index is -0.443. The molecule has 0 saturated carbocycles. The molecule has 0 aromatic heterocycles. The van der Waals surface area contributed by atoms with Crippen molar-refractivity contribution in [3.05, 3.63) is 47.0 Å². The largest absolute Gasteiger partial charge is 0.492 e. The lowest BCUT2D eigenvalue weighted by Gasteiger charge is -2.17. The van der Waals surface area contributed by atoms with E-state index >= 15 is 0 Å². The summed E-state index contributed by atoms with van der Waals surface area (Å²) in [5.74, 6) is 0.412. The Labute approximate surface area is 177 Å². The molecular weight excluding hydrogens is 386 g/mol. The molecule has 0 aliphatic heterocycles. The first-order valence-electron chi connectivity index (χ1n) is 9.72.